The summed E-state index contributed by atoms with van der Waals surface area (Å²) in [6.07, 6.45) is 0.930. The summed E-state index contributed by atoms with van der Waals surface area (Å²) in [5.74, 6) is -0.292. The zero-order valence-electron chi connectivity index (χ0n) is 17.0. The zero-order valence-corrected chi connectivity index (χ0v) is 17.0. The number of amides is 1. The van der Waals surface area contributed by atoms with Crippen LogP contribution < -0.4 is 10.2 Å². The Bertz CT molecular complexity index is 854. The maximum absolute atomic E-state index is 12.2. The lowest BCUT2D eigenvalue weighted by Gasteiger charge is -2.23. The highest BCUT2D eigenvalue weighted by Crippen LogP contribution is 2.30. The number of carbonyl (C=O) groups is 1. The van der Waals surface area contributed by atoms with Crippen molar-refractivity contribution in [1.82, 2.24) is 10.2 Å². The molecule has 7 heteroatoms. The Hall–Kier alpha value is -2.93. The monoisotopic (exact) mass is 396 g/mol. The van der Waals surface area contributed by atoms with Crippen molar-refractivity contribution >= 4 is 17.3 Å². The summed E-state index contributed by atoms with van der Waals surface area (Å²) in [5, 5.41) is 14.5. The summed E-state index contributed by atoms with van der Waals surface area (Å²) in [4.78, 5) is 28.0. The second-order valence-electron chi connectivity index (χ2n) is 7.69. The van der Waals surface area contributed by atoms with E-state index in [-0.39, 0.29) is 17.6 Å². The summed E-state index contributed by atoms with van der Waals surface area (Å²) >= 11 is 0. The highest BCUT2D eigenvalue weighted by atomic mass is 16.6. The second-order valence-corrected chi connectivity index (χ2v) is 7.69. The van der Waals surface area contributed by atoms with E-state index in [0.29, 0.717) is 17.8 Å². The molecule has 154 valence electrons. The molecule has 1 heterocycles. The van der Waals surface area contributed by atoms with Crippen LogP contribution in [0.25, 0.3) is 0 Å². The van der Waals surface area contributed by atoms with E-state index in [0.717, 1.165) is 32.6 Å². The lowest BCUT2D eigenvalue weighted by Crippen LogP contribution is -2.31. The molecule has 0 atom stereocenters. The fourth-order valence-electron chi connectivity index (χ4n) is 3.64. The Morgan fingerprint density at radius 1 is 1.10 bits per heavy atom. The molecule has 2 aromatic carbocycles. The Kier molecular flexibility index (Phi) is 6.82. The number of rotatable bonds is 6. The van der Waals surface area contributed by atoms with Crippen LogP contribution in [0.3, 0.4) is 0 Å². The number of carbonyl (C=O) groups excluding carboxylic acids is 1. The molecule has 1 aliphatic heterocycles. The van der Waals surface area contributed by atoms with Crippen LogP contribution in [0.2, 0.25) is 0 Å². The van der Waals surface area contributed by atoms with Gasteiger partial charge in [-0.05, 0) is 38.0 Å². The van der Waals surface area contributed by atoms with Crippen LogP contribution in [-0.2, 0) is 6.54 Å². The van der Waals surface area contributed by atoms with Crippen molar-refractivity contribution in [2.24, 2.45) is 0 Å². The summed E-state index contributed by atoms with van der Waals surface area (Å²) in [5.41, 5.74) is 2.15. The molecule has 3 rings (SSSR count). The van der Waals surface area contributed by atoms with Gasteiger partial charge >= 0.3 is 0 Å². The van der Waals surface area contributed by atoms with Gasteiger partial charge in [-0.3, -0.25) is 19.8 Å². The van der Waals surface area contributed by atoms with Crippen LogP contribution in [0.4, 0.5) is 11.4 Å². The molecular formula is C22H28N4O3. The molecule has 0 aromatic heterocycles. The fraction of sp³-hybridized carbons (Fsp3) is 0.409. The van der Waals surface area contributed by atoms with Gasteiger partial charge in [-0.2, -0.15) is 0 Å². The van der Waals surface area contributed by atoms with Crippen LogP contribution in [0.5, 0.6) is 0 Å². The molecular weight excluding hydrogens is 368 g/mol. The third kappa shape index (κ3) is 5.54. The maximum atomic E-state index is 12.2. The Morgan fingerprint density at radius 2 is 1.86 bits per heavy atom. The van der Waals surface area contributed by atoms with E-state index in [2.05, 4.69) is 27.2 Å². The molecule has 0 aliphatic carbocycles. The third-order valence-corrected chi connectivity index (χ3v) is 5.03. The van der Waals surface area contributed by atoms with Gasteiger partial charge < -0.3 is 10.2 Å². The standard InChI is InChI=1S/C22H28N4O3/c1-17(2)23-22(27)19-9-10-20(21(15-19)26(28)29)25-12-6-11-24(13-14-25)16-18-7-4-3-5-8-18/h3-5,7-10,15,17H,6,11-14,16H2,1-2H3,(H,23,27). The molecule has 7 nitrogen and oxygen atoms in total. The molecule has 0 radical (unpaired) electrons. The van der Waals surface area contributed by atoms with Crippen LogP contribution in [0.15, 0.2) is 48.5 Å². The average molecular weight is 396 g/mol. The quantitative estimate of drug-likeness (QED) is 0.598. The summed E-state index contributed by atoms with van der Waals surface area (Å²) in [7, 11) is 0. The molecule has 1 saturated heterocycles. The first-order valence-electron chi connectivity index (χ1n) is 10.0. The van der Waals surface area contributed by atoms with Gasteiger partial charge in [0.1, 0.15) is 5.69 Å². The Labute approximate surface area is 171 Å². The average Bonchev–Trinajstić information content (AvgIpc) is 2.93. The van der Waals surface area contributed by atoms with Crippen molar-refractivity contribution in [3.8, 4) is 0 Å². The number of hydrogen-bond acceptors (Lipinski definition) is 5. The molecule has 1 fully saturated rings. The summed E-state index contributed by atoms with van der Waals surface area (Å²) in [6.45, 7) is 7.86. The highest BCUT2D eigenvalue weighted by Gasteiger charge is 2.24. The molecule has 0 bridgehead atoms. The van der Waals surface area contributed by atoms with Crippen molar-refractivity contribution in [1.29, 1.82) is 0 Å². The number of hydrogen-bond donors (Lipinski definition) is 1. The van der Waals surface area contributed by atoms with Crippen molar-refractivity contribution in [3.05, 3.63) is 69.8 Å². The lowest BCUT2D eigenvalue weighted by molar-refractivity contribution is -0.384. The SMILES string of the molecule is CC(C)NC(=O)c1ccc(N2CCCN(Cc3ccccc3)CC2)c([N+](=O)[O-])c1. The van der Waals surface area contributed by atoms with Gasteiger partial charge in [-0.15, -0.1) is 0 Å². The van der Waals surface area contributed by atoms with E-state index in [4.69, 9.17) is 0 Å². The van der Waals surface area contributed by atoms with E-state index in [1.807, 2.05) is 32.0 Å². The number of nitrogens with zero attached hydrogens (tertiary/aromatic N) is 3. The molecule has 29 heavy (non-hydrogen) atoms. The summed E-state index contributed by atoms with van der Waals surface area (Å²) in [6, 6.07) is 15.1. The fourth-order valence-corrected chi connectivity index (χ4v) is 3.64. The van der Waals surface area contributed by atoms with Gasteiger partial charge in [0.25, 0.3) is 11.6 Å². The number of nitro benzene ring substituents is 1. The Morgan fingerprint density at radius 3 is 2.55 bits per heavy atom. The van der Waals surface area contributed by atoms with Gasteiger partial charge in [0.2, 0.25) is 0 Å². The molecule has 1 N–H and O–H groups in total. The van der Waals surface area contributed by atoms with E-state index < -0.39 is 4.92 Å². The minimum Gasteiger partial charge on any atom is -0.365 e. The first kappa shape index (κ1) is 20.8. The maximum Gasteiger partial charge on any atom is 0.293 e. The predicted octanol–water partition coefficient (Wildman–Crippen LogP) is 3.45. The van der Waals surface area contributed by atoms with Crippen LogP contribution in [0, 0.1) is 10.1 Å². The number of nitrogens with one attached hydrogen (secondary N) is 1. The molecule has 0 saturated carbocycles. The van der Waals surface area contributed by atoms with Gasteiger partial charge in [-0.25, -0.2) is 0 Å². The first-order chi connectivity index (χ1) is 13.9. The third-order valence-electron chi connectivity index (χ3n) is 5.03. The lowest BCUT2D eigenvalue weighted by atomic mass is 10.1. The molecule has 1 amide bonds. The van der Waals surface area contributed by atoms with Crippen LogP contribution in [-0.4, -0.2) is 48.0 Å². The molecule has 0 unspecified atom stereocenters. The highest BCUT2D eigenvalue weighted by molar-refractivity contribution is 5.96. The van der Waals surface area contributed by atoms with Crippen molar-refractivity contribution in [3.63, 3.8) is 0 Å². The first-order valence-corrected chi connectivity index (χ1v) is 10.0. The van der Waals surface area contributed by atoms with Gasteiger partial charge in [-0.1, -0.05) is 30.3 Å². The molecule has 0 spiro atoms. The zero-order chi connectivity index (χ0) is 20.8. The van der Waals surface area contributed by atoms with Gasteiger partial charge in [0.15, 0.2) is 0 Å². The van der Waals surface area contributed by atoms with E-state index in [1.54, 1.807) is 12.1 Å². The van der Waals surface area contributed by atoms with E-state index in [1.165, 1.54) is 11.6 Å². The predicted molar refractivity (Wildman–Crippen MR) is 114 cm³/mol. The topological polar surface area (TPSA) is 78.7 Å². The Balaban J connectivity index is 1.74. The van der Waals surface area contributed by atoms with Gasteiger partial charge in [0.05, 0.1) is 4.92 Å². The van der Waals surface area contributed by atoms with E-state index in [9.17, 15) is 14.9 Å². The molecule has 2 aromatic rings. The van der Waals surface area contributed by atoms with Crippen LogP contribution in [0.1, 0.15) is 36.2 Å². The smallest absolute Gasteiger partial charge is 0.293 e. The van der Waals surface area contributed by atoms with E-state index >= 15 is 0 Å². The molecule has 1 aliphatic rings. The number of nitro groups is 1. The van der Waals surface area contributed by atoms with Crippen LogP contribution >= 0.6 is 0 Å². The minimum absolute atomic E-state index is 0.0158. The van der Waals surface area contributed by atoms with Crippen molar-refractivity contribution in [2.75, 3.05) is 31.1 Å². The normalized spacial score (nSPS) is 15.2. The number of anilines is 1. The second kappa shape index (κ2) is 9.52. The summed E-state index contributed by atoms with van der Waals surface area (Å²) < 4.78 is 0. The van der Waals surface area contributed by atoms with Crippen molar-refractivity contribution in [2.45, 2.75) is 32.9 Å². The largest absolute Gasteiger partial charge is 0.365 e. The van der Waals surface area contributed by atoms with Gasteiger partial charge in [0, 0.05) is 50.4 Å². The minimum atomic E-state index is -0.395. The number of benzene rings is 2. The van der Waals surface area contributed by atoms with Crippen molar-refractivity contribution < 1.29 is 9.72 Å².